The molecule has 0 saturated carbocycles. The van der Waals surface area contributed by atoms with Crippen LogP contribution in [0.25, 0.3) is 0 Å². The fourth-order valence-electron chi connectivity index (χ4n) is 2.28. The zero-order valence-electron chi connectivity index (χ0n) is 12.0. The normalized spacial score (nSPS) is 23.5. The lowest BCUT2D eigenvalue weighted by Gasteiger charge is -2.19. The Hall–Kier alpha value is 0.230. The molecule has 108 valence electrons. The Kier molecular flexibility index (Phi) is 8.31. The van der Waals surface area contributed by atoms with Crippen molar-refractivity contribution in [1.29, 1.82) is 0 Å². The van der Waals surface area contributed by atoms with Crippen LogP contribution in [0.5, 0.6) is 0 Å². The van der Waals surface area contributed by atoms with Crippen molar-refractivity contribution in [3.05, 3.63) is 0 Å². The maximum atomic E-state index is 9.81. The van der Waals surface area contributed by atoms with Crippen molar-refractivity contribution in [3.63, 3.8) is 0 Å². The van der Waals surface area contributed by atoms with Gasteiger partial charge in [0.2, 0.25) is 0 Å². The van der Waals surface area contributed by atoms with E-state index in [-0.39, 0.29) is 12.2 Å². The predicted molar refractivity (Wildman–Crippen MR) is 79.2 cm³/mol. The van der Waals surface area contributed by atoms with E-state index < -0.39 is 0 Å². The molecular formula is C14H29NO2S. The van der Waals surface area contributed by atoms with E-state index in [0.717, 1.165) is 18.2 Å². The molecule has 3 nitrogen and oxygen atoms in total. The van der Waals surface area contributed by atoms with Crippen LogP contribution in [-0.2, 0) is 4.74 Å². The molecule has 4 heteroatoms. The Bertz CT molecular complexity index is 208. The first-order chi connectivity index (χ1) is 8.58. The lowest BCUT2D eigenvalue weighted by molar-refractivity contribution is -0.00840. The molecule has 0 amide bonds. The van der Waals surface area contributed by atoms with E-state index in [1.165, 1.54) is 18.6 Å². The summed E-state index contributed by atoms with van der Waals surface area (Å²) >= 11 is 2.04. The number of rotatable bonds is 9. The Morgan fingerprint density at radius 1 is 1.39 bits per heavy atom. The molecule has 3 atom stereocenters. The zero-order chi connectivity index (χ0) is 13.4. The van der Waals surface area contributed by atoms with Gasteiger partial charge in [-0.3, -0.25) is 0 Å². The maximum Gasteiger partial charge on any atom is 0.0897 e. The van der Waals surface area contributed by atoms with E-state index in [4.69, 9.17) is 4.74 Å². The van der Waals surface area contributed by atoms with Gasteiger partial charge in [0.1, 0.15) is 0 Å². The predicted octanol–water partition coefficient (Wildman–Crippen LogP) is 2.28. The van der Waals surface area contributed by atoms with E-state index >= 15 is 0 Å². The summed E-state index contributed by atoms with van der Waals surface area (Å²) in [7, 11) is 0. The van der Waals surface area contributed by atoms with Crippen LogP contribution in [0.4, 0.5) is 0 Å². The molecule has 3 unspecified atom stereocenters. The van der Waals surface area contributed by atoms with Crippen molar-refractivity contribution in [2.24, 2.45) is 5.92 Å². The molecule has 1 aliphatic rings. The molecule has 1 saturated heterocycles. The topological polar surface area (TPSA) is 41.5 Å². The first kappa shape index (κ1) is 16.3. The summed E-state index contributed by atoms with van der Waals surface area (Å²) in [6, 6.07) is 0. The third-order valence-electron chi connectivity index (χ3n) is 3.15. The van der Waals surface area contributed by atoms with Gasteiger partial charge < -0.3 is 15.2 Å². The molecule has 1 fully saturated rings. The largest absolute Gasteiger partial charge is 0.389 e. The second kappa shape index (κ2) is 9.18. The van der Waals surface area contributed by atoms with Gasteiger partial charge in [0.15, 0.2) is 0 Å². The minimum Gasteiger partial charge on any atom is -0.389 e. The van der Waals surface area contributed by atoms with Gasteiger partial charge in [-0.05, 0) is 37.9 Å². The second-order valence-electron chi connectivity index (χ2n) is 5.72. The van der Waals surface area contributed by atoms with Crippen molar-refractivity contribution in [3.8, 4) is 0 Å². The van der Waals surface area contributed by atoms with Crippen molar-refractivity contribution >= 4 is 11.8 Å². The minimum atomic E-state index is -0.383. The van der Waals surface area contributed by atoms with Crippen LogP contribution < -0.4 is 5.32 Å². The van der Waals surface area contributed by atoms with Crippen molar-refractivity contribution < 1.29 is 9.84 Å². The molecular weight excluding hydrogens is 246 g/mol. The Morgan fingerprint density at radius 3 is 2.78 bits per heavy atom. The van der Waals surface area contributed by atoms with Gasteiger partial charge in [0, 0.05) is 18.3 Å². The molecule has 0 aliphatic carbocycles. The van der Waals surface area contributed by atoms with Crippen LogP contribution in [0.3, 0.4) is 0 Å². The number of ether oxygens (including phenoxy) is 1. The molecule has 0 radical (unpaired) electrons. The highest BCUT2D eigenvalue weighted by Crippen LogP contribution is 2.25. The average Bonchev–Trinajstić information content (AvgIpc) is 2.78. The SMILES string of the molecule is CC(C)CC(C)OCC(O)CNCC1CCCS1. The monoisotopic (exact) mass is 275 g/mol. The number of aliphatic hydroxyl groups is 1. The number of thioether (sulfide) groups is 1. The minimum absolute atomic E-state index is 0.241. The molecule has 0 aromatic heterocycles. The fraction of sp³-hybridized carbons (Fsp3) is 1.00. The standard InChI is InChI=1S/C14H29NO2S/c1-11(2)7-12(3)17-10-13(16)8-15-9-14-5-4-6-18-14/h11-16H,4-10H2,1-3H3. The van der Waals surface area contributed by atoms with Crippen LogP contribution in [0.15, 0.2) is 0 Å². The van der Waals surface area contributed by atoms with Gasteiger partial charge in [-0.2, -0.15) is 11.8 Å². The zero-order valence-corrected chi connectivity index (χ0v) is 12.8. The lowest BCUT2D eigenvalue weighted by Crippen LogP contribution is -2.34. The summed E-state index contributed by atoms with van der Waals surface area (Å²) in [5, 5.41) is 13.9. The van der Waals surface area contributed by atoms with Crippen molar-refractivity contribution in [2.75, 3.05) is 25.4 Å². The highest BCUT2D eigenvalue weighted by Gasteiger charge is 2.15. The Morgan fingerprint density at radius 2 is 2.17 bits per heavy atom. The van der Waals surface area contributed by atoms with Gasteiger partial charge in [0.25, 0.3) is 0 Å². The van der Waals surface area contributed by atoms with Crippen LogP contribution >= 0.6 is 11.8 Å². The van der Waals surface area contributed by atoms with E-state index in [1.54, 1.807) is 0 Å². The fourth-order valence-corrected chi connectivity index (χ4v) is 3.52. The van der Waals surface area contributed by atoms with E-state index in [0.29, 0.717) is 19.1 Å². The summed E-state index contributed by atoms with van der Waals surface area (Å²) in [5.74, 6) is 1.94. The van der Waals surface area contributed by atoms with Gasteiger partial charge in [-0.25, -0.2) is 0 Å². The smallest absolute Gasteiger partial charge is 0.0897 e. The Labute approximate surface area is 116 Å². The number of hydrogen-bond donors (Lipinski definition) is 2. The van der Waals surface area contributed by atoms with Gasteiger partial charge in [0.05, 0.1) is 18.8 Å². The number of nitrogens with one attached hydrogen (secondary N) is 1. The molecule has 0 aromatic carbocycles. The summed E-state index contributed by atoms with van der Waals surface area (Å²) in [5.41, 5.74) is 0. The lowest BCUT2D eigenvalue weighted by atomic mass is 10.1. The quantitative estimate of drug-likeness (QED) is 0.677. The highest BCUT2D eigenvalue weighted by atomic mass is 32.2. The number of aliphatic hydroxyl groups excluding tert-OH is 1. The molecule has 1 heterocycles. The summed E-state index contributed by atoms with van der Waals surface area (Å²) in [4.78, 5) is 0. The number of hydrogen-bond acceptors (Lipinski definition) is 4. The summed E-state index contributed by atoms with van der Waals surface area (Å²) in [6.07, 6.45) is 3.57. The first-order valence-electron chi connectivity index (χ1n) is 7.20. The highest BCUT2D eigenvalue weighted by molar-refractivity contribution is 8.00. The van der Waals surface area contributed by atoms with Gasteiger partial charge >= 0.3 is 0 Å². The van der Waals surface area contributed by atoms with E-state index in [1.807, 2.05) is 11.8 Å². The summed E-state index contributed by atoms with van der Waals surface area (Å²) < 4.78 is 5.64. The van der Waals surface area contributed by atoms with E-state index in [2.05, 4.69) is 26.1 Å². The maximum absolute atomic E-state index is 9.81. The summed E-state index contributed by atoms with van der Waals surface area (Å²) in [6.45, 7) is 8.57. The molecule has 0 aromatic rings. The van der Waals surface area contributed by atoms with Crippen LogP contribution in [0, 0.1) is 5.92 Å². The molecule has 0 spiro atoms. The average molecular weight is 275 g/mol. The molecule has 1 aliphatic heterocycles. The molecule has 1 rings (SSSR count). The third kappa shape index (κ3) is 7.62. The van der Waals surface area contributed by atoms with Gasteiger partial charge in [-0.1, -0.05) is 13.8 Å². The second-order valence-corrected chi connectivity index (χ2v) is 7.13. The Balaban J connectivity index is 1.97. The molecule has 2 N–H and O–H groups in total. The molecule has 18 heavy (non-hydrogen) atoms. The molecule has 0 bridgehead atoms. The van der Waals surface area contributed by atoms with Crippen molar-refractivity contribution in [2.45, 2.75) is 57.5 Å². The van der Waals surface area contributed by atoms with Gasteiger partial charge in [-0.15, -0.1) is 0 Å². The van der Waals surface area contributed by atoms with E-state index in [9.17, 15) is 5.11 Å². The first-order valence-corrected chi connectivity index (χ1v) is 8.24. The van der Waals surface area contributed by atoms with Crippen LogP contribution in [-0.4, -0.2) is 48.0 Å². The van der Waals surface area contributed by atoms with Crippen LogP contribution in [0.2, 0.25) is 0 Å². The third-order valence-corrected chi connectivity index (χ3v) is 4.55. The van der Waals surface area contributed by atoms with Crippen LogP contribution in [0.1, 0.15) is 40.0 Å². The van der Waals surface area contributed by atoms with Crippen molar-refractivity contribution in [1.82, 2.24) is 5.32 Å².